The van der Waals surface area contributed by atoms with Crippen LogP contribution in [0.25, 0.3) is 11.0 Å². The number of thioether (sulfide) groups is 1. The number of amides is 1. The number of aromatic nitrogens is 2. The molecule has 3 aromatic carbocycles. The van der Waals surface area contributed by atoms with Crippen LogP contribution in [0.5, 0.6) is 0 Å². The van der Waals surface area contributed by atoms with Crippen LogP contribution in [0.15, 0.2) is 92.9 Å². The van der Waals surface area contributed by atoms with Crippen molar-refractivity contribution >= 4 is 74.1 Å². The lowest BCUT2D eigenvalue weighted by Gasteiger charge is -2.24. The van der Waals surface area contributed by atoms with Crippen LogP contribution in [0.4, 0.5) is 5.13 Å². The standard InChI is InChI=1S/C29H19Cl2N3O4S2/c1-15-6-8-16(9-7-15)14-39-29-33-32-28(40-29)34-24(18-10-11-19(30)20(31)12-18)23(26(36)27(34)37)25(35)22-13-17-4-2-3-5-21(17)38-22/h2-13,24,36H,14H2,1H3/t24-/m0/s1. The molecule has 6 rings (SSSR count). The molecule has 0 aliphatic carbocycles. The lowest BCUT2D eigenvalue weighted by molar-refractivity contribution is -0.117. The molecule has 0 fully saturated rings. The van der Waals surface area contributed by atoms with Crippen LogP contribution >= 0.6 is 46.3 Å². The van der Waals surface area contributed by atoms with Gasteiger partial charge in [0.05, 0.1) is 21.7 Å². The van der Waals surface area contributed by atoms with E-state index in [0.29, 0.717) is 26.3 Å². The number of aliphatic hydroxyl groups excluding tert-OH is 1. The van der Waals surface area contributed by atoms with Crippen LogP contribution in [-0.4, -0.2) is 27.0 Å². The second kappa shape index (κ2) is 10.7. The highest BCUT2D eigenvalue weighted by molar-refractivity contribution is 8.00. The molecule has 1 amide bonds. The summed E-state index contributed by atoms with van der Waals surface area (Å²) in [6, 6.07) is 20.7. The van der Waals surface area contributed by atoms with Crippen molar-refractivity contribution in [3.05, 3.63) is 117 Å². The van der Waals surface area contributed by atoms with Gasteiger partial charge in [0.1, 0.15) is 5.58 Å². The molecule has 2 aromatic heterocycles. The minimum Gasteiger partial charge on any atom is -0.503 e. The zero-order valence-electron chi connectivity index (χ0n) is 20.8. The minimum atomic E-state index is -1.04. The fourth-order valence-corrected chi connectivity index (χ4v) is 6.58. The van der Waals surface area contributed by atoms with Crippen LogP contribution in [-0.2, 0) is 10.5 Å². The van der Waals surface area contributed by atoms with E-state index in [2.05, 4.69) is 10.2 Å². The molecule has 0 spiro atoms. The number of furan rings is 1. The Bertz CT molecular complexity index is 1780. The number of anilines is 1. The van der Waals surface area contributed by atoms with Gasteiger partial charge in [-0.1, -0.05) is 100 Å². The maximum absolute atomic E-state index is 13.8. The number of para-hydroxylation sites is 1. The number of aliphatic hydroxyl groups is 1. The van der Waals surface area contributed by atoms with Crippen molar-refractivity contribution in [2.24, 2.45) is 0 Å². The Labute approximate surface area is 247 Å². The van der Waals surface area contributed by atoms with Crippen molar-refractivity contribution in [3.63, 3.8) is 0 Å². The Morgan fingerprint density at radius 3 is 2.58 bits per heavy atom. The smallest absolute Gasteiger partial charge is 0.296 e. The molecule has 0 saturated heterocycles. The van der Waals surface area contributed by atoms with Gasteiger partial charge in [0.2, 0.25) is 10.9 Å². The number of Topliss-reactive ketones (excluding diaryl/α,β-unsaturated/α-hetero) is 1. The van der Waals surface area contributed by atoms with E-state index in [1.807, 2.05) is 43.3 Å². The van der Waals surface area contributed by atoms with E-state index in [9.17, 15) is 14.7 Å². The molecular weight excluding hydrogens is 589 g/mol. The summed E-state index contributed by atoms with van der Waals surface area (Å²) in [5.74, 6) is -1.43. The topological polar surface area (TPSA) is 96.5 Å². The van der Waals surface area contributed by atoms with Crippen molar-refractivity contribution < 1.29 is 19.1 Å². The third-order valence-corrected chi connectivity index (χ3v) is 9.31. The lowest BCUT2D eigenvalue weighted by Crippen LogP contribution is -2.31. The molecule has 0 bridgehead atoms. The molecule has 1 aliphatic rings. The largest absolute Gasteiger partial charge is 0.503 e. The van der Waals surface area contributed by atoms with Gasteiger partial charge in [-0.25, -0.2) is 0 Å². The zero-order valence-corrected chi connectivity index (χ0v) is 23.9. The summed E-state index contributed by atoms with van der Waals surface area (Å²) in [5, 5.41) is 21.0. The Kier molecular flexibility index (Phi) is 7.14. The molecule has 40 heavy (non-hydrogen) atoms. The summed E-state index contributed by atoms with van der Waals surface area (Å²) < 4.78 is 6.41. The average Bonchev–Trinajstić information content (AvgIpc) is 3.66. The number of nitrogens with zero attached hydrogens (tertiary/aromatic N) is 3. The summed E-state index contributed by atoms with van der Waals surface area (Å²) in [5.41, 5.74) is 3.13. The minimum absolute atomic E-state index is 0.00549. The van der Waals surface area contributed by atoms with Crippen LogP contribution in [0.1, 0.15) is 33.3 Å². The van der Waals surface area contributed by atoms with Crippen molar-refractivity contribution in [2.45, 2.75) is 23.1 Å². The van der Waals surface area contributed by atoms with Crippen molar-refractivity contribution in [1.29, 1.82) is 0 Å². The quantitative estimate of drug-likeness (QED) is 0.114. The Hall–Kier alpha value is -3.63. The molecule has 11 heteroatoms. The molecule has 1 atom stereocenters. The maximum Gasteiger partial charge on any atom is 0.296 e. The number of rotatable bonds is 7. The molecule has 7 nitrogen and oxygen atoms in total. The van der Waals surface area contributed by atoms with Crippen LogP contribution in [0, 0.1) is 6.92 Å². The van der Waals surface area contributed by atoms with Crippen molar-refractivity contribution in [3.8, 4) is 0 Å². The predicted octanol–water partition coefficient (Wildman–Crippen LogP) is 7.97. The molecule has 3 heterocycles. The number of hydrogen-bond donors (Lipinski definition) is 1. The highest BCUT2D eigenvalue weighted by Crippen LogP contribution is 2.45. The van der Waals surface area contributed by atoms with E-state index in [-0.39, 0.29) is 21.5 Å². The first-order valence-electron chi connectivity index (χ1n) is 12.1. The number of carbonyl (C=O) groups excluding carboxylic acids is 2. The first kappa shape index (κ1) is 26.6. The van der Waals surface area contributed by atoms with Gasteiger partial charge in [0, 0.05) is 11.1 Å². The molecule has 1 aliphatic heterocycles. The number of aryl methyl sites for hydroxylation is 1. The highest BCUT2D eigenvalue weighted by Gasteiger charge is 2.47. The normalized spacial score (nSPS) is 15.4. The summed E-state index contributed by atoms with van der Waals surface area (Å²) in [6.45, 7) is 2.03. The fourth-order valence-electron chi connectivity index (χ4n) is 4.45. The Morgan fingerprint density at radius 1 is 1.05 bits per heavy atom. The van der Waals surface area contributed by atoms with Crippen molar-refractivity contribution in [2.75, 3.05) is 4.90 Å². The van der Waals surface area contributed by atoms with Gasteiger partial charge < -0.3 is 9.52 Å². The van der Waals surface area contributed by atoms with Gasteiger partial charge in [-0.2, -0.15) is 0 Å². The maximum atomic E-state index is 13.8. The Balaban J connectivity index is 1.37. The summed E-state index contributed by atoms with van der Waals surface area (Å²) in [4.78, 5) is 28.5. The second-order valence-corrected chi connectivity index (χ2v) is 12.1. The number of carbonyl (C=O) groups is 2. The first-order valence-corrected chi connectivity index (χ1v) is 14.6. The lowest BCUT2D eigenvalue weighted by atomic mass is 9.95. The summed E-state index contributed by atoms with van der Waals surface area (Å²) in [7, 11) is 0. The average molecular weight is 609 g/mol. The predicted molar refractivity (Wildman–Crippen MR) is 158 cm³/mol. The second-order valence-electron chi connectivity index (χ2n) is 9.12. The third-order valence-electron chi connectivity index (χ3n) is 6.45. The van der Waals surface area contributed by atoms with E-state index in [1.54, 1.807) is 36.4 Å². The van der Waals surface area contributed by atoms with Gasteiger partial charge in [0.25, 0.3) is 5.91 Å². The number of ketones is 1. The summed E-state index contributed by atoms with van der Waals surface area (Å²) in [6.07, 6.45) is 0. The van der Waals surface area contributed by atoms with E-state index in [1.165, 1.54) is 33.6 Å². The van der Waals surface area contributed by atoms with Crippen molar-refractivity contribution in [1.82, 2.24) is 10.2 Å². The van der Waals surface area contributed by atoms with Crippen LogP contribution < -0.4 is 4.90 Å². The van der Waals surface area contributed by atoms with Gasteiger partial charge in [0.15, 0.2) is 15.9 Å². The van der Waals surface area contributed by atoms with E-state index >= 15 is 0 Å². The van der Waals surface area contributed by atoms with Gasteiger partial charge in [-0.3, -0.25) is 14.5 Å². The monoisotopic (exact) mass is 607 g/mol. The summed E-state index contributed by atoms with van der Waals surface area (Å²) >= 11 is 15.2. The zero-order chi connectivity index (χ0) is 28.0. The van der Waals surface area contributed by atoms with E-state index < -0.39 is 23.5 Å². The molecule has 200 valence electrons. The fraction of sp³-hybridized carbons (Fsp3) is 0.103. The number of hydrogen-bond acceptors (Lipinski definition) is 8. The number of fused-ring (bicyclic) bond motifs is 1. The molecule has 0 unspecified atom stereocenters. The van der Waals surface area contributed by atoms with Gasteiger partial charge >= 0.3 is 0 Å². The molecule has 0 radical (unpaired) electrons. The number of benzene rings is 3. The highest BCUT2D eigenvalue weighted by atomic mass is 35.5. The van der Waals surface area contributed by atoms with Gasteiger partial charge in [-0.15, -0.1) is 10.2 Å². The van der Waals surface area contributed by atoms with Crippen LogP contribution in [0.2, 0.25) is 10.0 Å². The Morgan fingerprint density at radius 2 is 1.82 bits per heavy atom. The SMILES string of the molecule is Cc1ccc(CSc2nnc(N3C(=O)C(O)=C(C(=O)c4cc5ccccc5o4)[C@@H]3c3ccc(Cl)c(Cl)c3)s2)cc1. The van der Waals surface area contributed by atoms with Crippen LogP contribution in [0.3, 0.4) is 0 Å². The molecular formula is C29H19Cl2N3O4S2. The van der Waals surface area contributed by atoms with E-state index in [4.69, 9.17) is 27.6 Å². The first-order chi connectivity index (χ1) is 19.3. The molecule has 1 N–H and O–H groups in total. The molecule has 0 saturated carbocycles. The van der Waals surface area contributed by atoms with E-state index in [0.717, 1.165) is 10.9 Å². The third kappa shape index (κ3) is 4.90. The molecule has 5 aromatic rings. The number of halogens is 2. The van der Waals surface area contributed by atoms with Gasteiger partial charge in [-0.05, 0) is 42.3 Å².